The maximum atomic E-state index is 13.0. The summed E-state index contributed by atoms with van der Waals surface area (Å²) in [6, 6.07) is 8.57. The topological polar surface area (TPSA) is 98.5 Å². The number of carbonyl (C=O) groups excluding carboxylic acids is 2. The van der Waals surface area contributed by atoms with Gasteiger partial charge < -0.3 is 10.1 Å². The summed E-state index contributed by atoms with van der Waals surface area (Å²) in [5.41, 5.74) is -0.163. The van der Waals surface area contributed by atoms with Gasteiger partial charge in [-0.25, -0.2) is 9.18 Å². The number of amides is 1. The van der Waals surface area contributed by atoms with E-state index in [0.29, 0.717) is 5.56 Å². The monoisotopic (exact) mass is 394 g/mol. The molecule has 0 aromatic heterocycles. The van der Waals surface area contributed by atoms with Crippen molar-refractivity contribution in [3.8, 4) is 0 Å². The summed E-state index contributed by atoms with van der Waals surface area (Å²) in [5.74, 6) is -2.05. The first-order valence-electron chi connectivity index (χ1n) is 7.89. The van der Waals surface area contributed by atoms with Gasteiger partial charge in [0, 0.05) is 11.1 Å². The zero-order chi connectivity index (χ0) is 20.1. The molecular weight excluding hydrogens is 379 g/mol. The molecule has 2 aromatic carbocycles. The highest BCUT2D eigenvalue weighted by Crippen LogP contribution is 2.24. The number of esters is 1. The van der Waals surface area contributed by atoms with Crippen LogP contribution in [0.2, 0.25) is 5.02 Å². The average Bonchev–Trinajstić information content (AvgIpc) is 2.61. The molecule has 0 aliphatic heterocycles. The van der Waals surface area contributed by atoms with Crippen molar-refractivity contribution in [1.29, 1.82) is 0 Å². The second-order valence-corrected chi connectivity index (χ2v) is 6.18. The second kappa shape index (κ2) is 8.59. The molecule has 9 heteroatoms. The number of carbonyl (C=O) groups is 2. The van der Waals surface area contributed by atoms with Gasteiger partial charge in [0.2, 0.25) is 0 Å². The minimum absolute atomic E-state index is 0.120. The van der Waals surface area contributed by atoms with Gasteiger partial charge in [-0.05, 0) is 43.7 Å². The molecule has 0 aliphatic carbocycles. The molecule has 27 heavy (non-hydrogen) atoms. The van der Waals surface area contributed by atoms with Gasteiger partial charge in [0.25, 0.3) is 11.6 Å². The summed E-state index contributed by atoms with van der Waals surface area (Å²) < 4.78 is 18.0. The molecule has 0 aliphatic rings. The predicted molar refractivity (Wildman–Crippen MR) is 95.9 cm³/mol. The number of hydrogen-bond donors (Lipinski definition) is 1. The minimum atomic E-state index is -1.21. The summed E-state index contributed by atoms with van der Waals surface area (Å²) in [6.45, 7) is 3.02. The summed E-state index contributed by atoms with van der Waals surface area (Å²) in [6.07, 6.45) is -1.21. The van der Waals surface area contributed by atoms with Crippen molar-refractivity contribution in [2.24, 2.45) is 0 Å². The highest BCUT2D eigenvalue weighted by molar-refractivity contribution is 6.31. The zero-order valence-electron chi connectivity index (χ0n) is 14.4. The van der Waals surface area contributed by atoms with E-state index in [0.717, 1.165) is 12.1 Å². The van der Waals surface area contributed by atoms with Crippen LogP contribution in [-0.2, 0) is 9.53 Å². The Labute approximate surface area is 159 Å². The molecule has 2 aromatic rings. The number of ether oxygens (including phenoxy) is 1. The van der Waals surface area contributed by atoms with E-state index in [4.69, 9.17) is 16.3 Å². The molecule has 0 unspecified atom stereocenters. The molecule has 0 heterocycles. The first kappa shape index (κ1) is 20.3. The first-order valence-corrected chi connectivity index (χ1v) is 8.27. The minimum Gasteiger partial charge on any atom is -0.449 e. The molecule has 2 rings (SSSR count). The number of nitrogens with zero attached hydrogens (tertiary/aromatic N) is 1. The van der Waals surface area contributed by atoms with Gasteiger partial charge in [-0.15, -0.1) is 0 Å². The molecule has 0 fully saturated rings. The maximum absolute atomic E-state index is 13.0. The number of nitrogens with one attached hydrogen (secondary N) is 1. The Kier molecular flexibility index (Phi) is 6.46. The fourth-order valence-corrected chi connectivity index (χ4v) is 2.45. The van der Waals surface area contributed by atoms with Crippen molar-refractivity contribution in [3.63, 3.8) is 0 Å². The second-order valence-electron chi connectivity index (χ2n) is 5.75. The van der Waals surface area contributed by atoms with Crippen molar-refractivity contribution < 1.29 is 23.6 Å². The molecule has 0 radical (unpaired) electrons. The Morgan fingerprint density at radius 3 is 2.41 bits per heavy atom. The predicted octanol–water partition coefficient (Wildman–Crippen LogP) is 3.81. The average molecular weight is 395 g/mol. The number of nitro groups is 1. The van der Waals surface area contributed by atoms with Crippen molar-refractivity contribution >= 4 is 29.2 Å². The lowest BCUT2D eigenvalue weighted by atomic mass is 10.1. The molecule has 142 valence electrons. The number of rotatable bonds is 6. The lowest BCUT2D eigenvalue weighted by Gasteiger charge is -2.18. The molecule has 0 saturated carbocycles. The molecule has 1 N–H and O–H groups in total. The van der Waals surface area contributed by atoms with Gasteiger partial charge in [0.1, 0.15) is 11.4 Å². The highest BCUT2D eigenvalue weighted by atomic mass is 35.5. The molecule has 1 amide bonds. The van der Waals surface area contributed by atoms with E-state index < -0.39 is 40.5 Å². The van der Waals surface area contributed by atoms with E-state index in [1.165, 1.54) is 37.3 Å². The van der Waals surface area contributed by atoms with E-state index in [1.54, 1.807) is 6.92 Å². The lowest BCUT2D eigenvalue weighted by Crippen LogP contribution is -2.37. The van der Waals surface area contributed by atoms with E-state index in [2.05, 4.69) is 5.32 Å². The number of halogens is 2. The quantitative estimate of drug-likeness (QED) is 0.456. The van der Waals surface area contributed by atoms with Gasteiger partial charge in [0.15, 0.2) is 6.10 Å². The van der Waals surface area contributed by atoms with Crippen LogP contribution in [0.4, 0.5) is 10.1 Å². The fourth-order valence-electron chi connectivity index (χ4n) is 2.27. The summed E-state index contributed by atoms with van der Waals surface area (Å²) in [7, 11) is 0. The van der Waals surface area contributed by atoms with Crippen LogP contribution in [0, 0.1) is 15.9 Å². The van der Waals surface area contributed by atoms with Crippen molar-refractivity contribution in [2.45, 2.75) is 26.0 Å². The standard InChI is InChI=1S/C18H16ClFN2O5/c1-10(12-3-6-14(20)7-4-12)21-17(23)11(2)27-18(24)15-9-13(19)5-8-16(15)22(25)26/h3-11H,1-2H3,(H,21,23)/t10-,11-/m0/s1. The van der Waals surface area contributed by atoms with Gasteiger partial charge in [-0.2, -0.15) is 0 Å². The third-order valence-electron chi connectivity index (χ3n) is 3.76. The van der Waals surface area contributed by atoms with Crippen LogP contribution in [0.5, 0.6) is 0 Å². The van der Waals surface area contributed by atoms with Crippen LogP contribution in [0.25, 0.3) is 0 Å². The summed E-state index contributed by atoms with van der Waals surface area (Å²) >= 11 is 5.78. The SMILES string of the molecule is C[C@H](OC(=O)c1cc(Cl)ccc1[N+](=O)[O-])C(=O)N[C@@H](C)c1ccc(F)cc1. The van der Waals surface area contributed by atoms with Gasteiger partial charge >= 0.3 is 5.97 Å². The summed E-state index contributed by atoms with van der Waals surface area (Å²) in [4.78, 5) is 34.7. The number of nitro benzene ring substituents is 1. The maximum Gasteiger partial charge on any atom is 0.345 e. The van der Waals surface area contributed by atoms with E-state index in [1.807, 2.05) is 0 Å². The van der Waals surface area contributed by atoms with Crippen LogP contribution >= 0.6 is 11.6 Å². The van der Waals surface area contributed by atoms with Crippen LogP contribution < -0.4 is 5.32 Å². The Bertz CT molecular complexity index is 873. The van der Waals surface area contributed by atoms with Crippen LogP contribution in [0.15, 0.2) is 42.5 Å². The van der Waals surface area contributed by atoms with Crippen molar-refractivity contribution in [2.75, 3.05) is 0 Å². The van der Waals surface area contributed by atoms with Crippen LogP contribution in [0.1, 0.15) is 35.8 Å². The van der Waals surface area contributed by atoms with E-state index in [-0.39, 0.29) is 10.6 Å². The van der Waals surface area contributed by atoms with Crippen molar-refractivity contribution in [1.82, 2.24) is 5.32 Å². The third-order valence-corrected chi connectivity index (χ3v) is 3.99. The normalized spacial score (nSPS) is 12.7. The Balaban J connectivity index is 2.05. The Morgan fingerprint density at radius 1 is 1.19 bits per heavy atom. The molecular formula is C18H16ClFN2O5. The first-order chi connectivity index (χ1) is 12.7. The smallest absolute Gasteiger partial charge is 0.345 e. The van der Waals surface area contributed by atoms with Crippen LogP contribution in [0.3, 0.4) is 0 Å². The molecule has 7 nitrogen and oxygen atoms in total. The van der Waals surface area contributed by atoms with Crippen molar-refractivity contribution in [3.05, 3.63) is 74.5 Å². The summed E-state index contributed by atoms with van der Waals surface area (Å²) in [5, 5.41) is 13.8. The van der Waals surface area contributed by atoms with Crippen LogP contribution in [-0.4, -0.2) is 22.9 Å². The highest BCUT2D eigenvalue weighted by Gasteiger charge is 2.26. The molecule has 0 bridgehead atoms. The lowest BCUT2D eigenvalue weighted by molar-refractivity contribution is -0.385. The Hall–Kier alpha value is -3.00. The Morgan fingerprint density at radius 2 is 1.81 bits per heavy atom. The third kappa shape index (κ3) is 5.24. The van der Waals surface area contributed by atoms with Gasteiger partial charge in [-0.1, -0.05) is 23.7 Å². The van der Waals surface area contributed by atoms with E-state index in [9.17, 15) is 24.1 Å². The fraction of sp³-hybridized carbons (Fsp3) is 0.222. The van der Waals surface area contributed by atoms with Gasteiger partial charge in [-0.3, -0.25) is 14.9 Å². The zero-order valence-corrected chi connectivity index (χ0v) is 15.2. The molecule has 2 atom stereocenters. The molecule has 0 spiro atoms. The number of hydrogen-bond acceptors (Lipinski definition) is 5. The largest absolute Gasteiger partial charge is 0.449 e. The van der Waals surface area contributed by atoms with E-state index >= 15 is 0 Å². The molecule has 0 saturated heterocycles. The number of benzene rings is 2. The van der Waals surface area contributed by atoms with Gasteiger partial charge in [0.05, 0.1) is 11.0 Å².